The van der Waals surface area contributed by atoms with Crippen molar-refractivity contribution >= 4 is 17.4 Å². The van der Waals surface area contributed by atoms with Gasteiger partial charge in [0, 0.05) is 24.6 Å². The van der Waals surface area contributed by atoms with Gasteiger partial charge in [0.1, 0.15) is 6.10 Å². The van der Waals surface area contributed by atoms with Gasteiger partial charge >= 0.3 is 0 Å². The van der Waals surface area contributed by atoms with Gasteiger partial charge in [-0.1, -0.05) is 31.4 Å². The summed E-state index contributed by atoms with van der Waals surface area (Å²) in [5.41, 5.74) is 0.159. The van der Waals surface area contributed by atoms with Crippen molar-refractivity contribution in [3.63, 3.8) is 0 Å². The second kappa shape index (κ2) is 5.63. The van der Waals surface area contributed by atoms with Crippen LogP contribution in [0.25, 0.3) is 0 Å². The molecule has 1 aliphatic heterocycles. The number of carbonyl (C=O) groups is 1. The quantitative estimate of drug-likeness (QED) is 0.631. The van der Waals surface area contributed by atoms with E-state index in [0.717, 1.165) is 31.7 Å². The Balaban J connectivity index is 1.64. The van der Waals surface area contributed by atoms with Crippen LogP contribution in [-0.4, -0.2) is 29.3 Å². The molecular weight excluding hydrogens is 297 g/mol. The minimum absolute atomic E-state index is 0.159. The third-order valence-electron chi connectivity index (χ3n) is 4.12. The number of hydrogen-bond donors (Lipinski definition) is 0. The predicted molar refractivity (Wildman–Crippen MR) is 74.7 cm³/mol. The number of rotatable bonds is 4. The molecule has 1 saturated heterocycles. The maximum atomic E-state index is 13.4. The predicted octanol–water partition coefficient (Wildman–Crippen LogP) is 3.38. The molecule has 21 heavy (non-hydrogen) atoms. The molecule has 0 radical (unpaired) electrons. The molecule has 1 aliphatic carbocycles. The van der Waals surface area contributed by atoms with Gasteiger partial charge in [-0.25, -0.2) is 9.37 Å². The van der Waals surface area contributed by atoms with Crippen LogP contribution in [0.2, 0.25) is 5.15 Å². The van der Waals surface area contributed by atoms with Gasteiger partial charge < -0.3 is 9.47 Å². The summed E-state index contributed by atoms with van der Waals surface area (Å²) in [5, 5.41) is -0.243. The summed E-state index contributed by atoms with van der Waals surface area (Å²) in [6, 6.07) is 1.09. The van der Waals surface area contributed by atoms with Crippen LogP contribution < -0.4 is 0 Å². The summed E-state index contributed by atoms with van der Waals surface area (Å²) >= 11 is 5.51. The van der Waals surface area contributed by atoms with Crippen molar-refractivity contribution in [1.82, 2.24) is 4.98 Å². The summed E-state index contributed by atoms with van der Waals surface area (Å²) < 4.78 is 24.8. The lowest BCUT2D eigenvalue weighted by molar-refractivity contribution is -0.236. The third kappa shape index (κ3) is 2.82. The Morgan fingerprint density at radius 2 is 2.33 bits per heavy atom. The Bertz CT molecular complexity index is 560. The number of Topliss-reactive ketones (excluding diaryl/α,β-unsaturated/α-hetero) is 1. The molecule has 0 bridgehead atoms. The molecule has 1 aromatic heterocycles. The first-order chi connectivity index (χ1) is 10.0. The van der Waals surface area contributed by atoms with Crippen molar-refractivity contribution < 1.29 is 18.7 Å². The Morgan fingerprint density at radius 1 is 1.57 bits per heavy atom. The second-order valence-corrected chi connectivity index (χ2v) is 6.11. The molecule has 114 valence electrons. The highest BCUT2D eigenvalue weighted by atomic mass is 35.5. The molecule has 0 amide bonds. The van der Waals surface area contributed by atoms with E-state index in [1.54, 1.807) is 0 Å². The summed E-state index contributed by atoms with van der Waals surface area (Å²) in [4.78, 5) is 15.9. The fourth-order valence-corrected chi connectivity index (χ4v) is 3.18. The van der Waals surface area contributed by atoms with E-state index < -0.39 is 17.7 Å². The van der Waals surface area contributed by atoms with E-state index in [0.29, 0.717) is 5.92 Å². The van der Waals surface area contributed by atoms with Gasteiger partial charge in [0.05, 0.1) is 6.61 Å². The van der Waals surface area contributed by atoms with E-state index in [1.807, 2.05) is 0 Å². The molecule has 3 rings (SSSR count). The molecular formula is C15H17ClFNO3. The normalized spacial score (nSPS) is 31.4. The molecule has 0 aromatic carbocycles. The van der Waals surface area contributed by atoms with Gasteiger partial charge in [0.25, 0.3) is 0 Å². The van der Waals surface area contributed by atoms with Crippen molar-refractivity contribution in [2.75, 3.05) is 6.61 Å². The van der Waals surface area contributed by atoms with Gasteiger partial charge in [0.2, 0.25) is 0 Å². The van der Waals surface area contributed by atoms with Crippen LogP contribution in [0.3, 0.4) is 0 Å². The number of carbonyl (C=O) groups excluding carboxylic acids is 1. The standard InChI is InChI=1S/C15H17ClFNO3/c1-2-3-9-5-15(6-9)20-8-12(21-15)13(19)10-4-11(17)14(16)18-7-10/h4,7,9,12H,2-3,5-6,8H2,1H3. The van der Waals surface area contributed by atoms with E-state index in [2.05, 4.69) is 11.9 Å². The Morgan fingerprint density at radius 3 is 3.00 bits per heavy atom. The van der Waals surface area contributed by atoms with Crippen LogP contribution in [0.1, 0.15) is 43.0 Å². The first-order valence-electron chi connectivity index (χ1n) is 7.20. The lowest BCUT2D eigenvalue weighted by atomic mass is 9.76. The molecule has 4 nitrogen and oxygen atoms in total. The maximum Gasteiger partial charge on any atom is 0.195 e. The molecule has 1 saturated carbocycles. The van der Waals surface area contributed by atoms with Crippen molar-refractivity contribution in [3.05, 3.63) is 28.8 Å². The highest BCUT2D eigenvalue weighted by Gasteiger charge is 2.52. The van der Waals surface area contributed by atoms with Crippen LogP contribution in [0, 0.1) is 11.7 Å². The van der Waals surface area contributed by atoms with E-state index in [1.165, 1.54) is 6.20 Å². The highest BCUT2D eigenvalue weighted by Crippen LogP contribution is 2.47. The molecule has 2 fully saturated rings. The highest BCUT2D eigenvalue weighted by molar-refractivity contribution is 6.29. The van der Waals surface area contributed by atoms with Gasteiger partial charge in [0.15, 0.2) is 22.5 Å². The van der Waals surface area contributed by atoms with Crippen LogP contribution in [0.4, 0.5) is 4.39 Å². The van der Waals surface area contributed by atoms with Crippen molar-refractivity contribution in [1.29, 1.82) is 0 Å². The maximum absolute atomic E-state index is 13.4. The fraction of sp³-hybridized carbons (Fsp3) is 0.600. The zero-order chi connectivity index (χ0) is 15.0. The molecule has 1 aromatic rings. The van der Waals surface area contributed by atoms with Crippen LogP contribution in [0.15, 0.2) is 12.3 Å². The number of nitrogens with zero attached hydrogens (tertiary/aromatic N) is 1. The van der Waals surface area contributed by atoms with Gasteiger partial charge in [-0.15, -0.1) is 0 Å². The summed E-state index contributed by atoms with van der Waals surface area (Å²) in [5.74, 6) is -1.01. The second-order valence-electron chi connectivity index (χ2n) is 5.75. The van der Waals surface area contributed by atoms with E-state index in [4.69, 9.17) is 21.1 Å². The molecule has 2 heterocycles. The van der Waals surface area contributed by atoms with Gasteiger partial charge in [-0.3, -0.25) is 4.79 Å². The van der Waals surface area contributed by atoms with E-state index in [9.17, 15) is 9.18 Å². The molecule has 1 spiro atoms. The Labute approximate surface area is 127 Å². The van der Waals surface area contributed by atoms with Crippen molar-refractivity contribution in [2.24, 2.45) is 5.92 Å². The first-order valence-corrected chi connectivity index (χ1v) is 7.58. The SMILES string of the molecule is CCCC1CC2(C1)OCC(C(=O)c1cnc(Cl)c(F)c1)O2. The fourth-order valence-electron chi connectivity index (χ4n) is 3.07. The number of pyridine rings is 1. The molecule has 0 N–H and O–H groups in total. The van der Waals surface area contributed by atoms with Crippen molar-refractivity contribution in [3.8, 4) is 0 Å². The largest absolute Gasteiger partial charge is 0.347 e. The van der Waals surface area contributed by atoms with Gasteiger partial charge in [-0.05, 0) is 12.0 Å². The summed E-state index contributed by atoms with van der Waals surface area (Å²) in [7, 11) is 0. The van der Waals surface area contributed by atoms with Crippen LogP contribution in [0.5, 0.6) is 0 Å². The number of ether oxygens (including phenoxy) is 2. The van der Waals surface area contributed by atoms with Crippen molar-refractivity contribution in [2.45, 2.75) is 44.5 Å². The minimum atomic E-state index is -0.706. The molecule has 6 heteroatoms. The number of ketones is 1. The molecule has 1 atom stereocenters. The average molecular weight is 314 g/mol. The smallest absolute Gasteiger partial charge is 0.195 e. The summed E-state index contributed by atoms with van der Waals surface area (Å²) in [6.45, 7) is 2.36. The van der Waals surface area contributed by atoms with Gasteiger partial charge in [-0.2, -0.15) is 0 Å². The Hall–Kier alpha value is -1.04. The zero-order valence-corrected chi connectivity index (χ0v) is 12.5. The number of aromatic nitrogens is 1. The first kappa shape index (κ1) is 14.9. The molecule has 2 aliphatic rings. The number of halogens is 2. The Kier molecular flexibility index (Phi) is 3.99. The summed E-state index contributed by atoms with van der Waals surface area (Å²) in [6.07, 6.45) is 4.53. The average Bonchev–Trinajstić information content (AvgIpc) is 2.86. The monoisotopic (exact) mass is 313 g/mol. The van der Waals surface area contributed by atoms with E-state index >= 15 is 0 Å². The minimum Gasteiger partial charge on any atom is -0.347 e. The topological polar surface area (TPSA) is 48.4 Å². The third-order valence-corrected chi connectivity index (χ3v) is 4.40. The van der Waals surface area contributed by atoms with E-state index in [-0.39, 0.29) is 23.1 Å². The molecule has 1 unspecified atom stereocenters. The van der Waals surface area contributed by atoms with Crippen LogP contribution >= 0.6 is 11.6 Å². The van der Waals surface area contributed by atoms with Crippen LogP contribution in [-0.2, 0) is 9.47 Å². The lowest BCUT2D eigenvalue weighted by Crippen LogP contribution is -2.45. The zero-order valence-electron chi connectivity index (χ0n) is 11.8. The number of hydrogen-bond acceptors (Lipinski definition) is 4. The lowest BCUT2D eigenvalue weighted by Gasteiger charge is -2.43.